The van der Waals surface area contributed by atoms with E-state index in [1.807, 2.05) is 44.2 Å². The molecule has 0 radical (unpaired) electrons. The van der Waals surface area contributed by atoms with Gasteiger partial charge in [0, 0.05) is 18.2 Å². The van der Waals surface area contributed by atoms with Gasteiger partial charge in [0.15, 0.2) is 0 Å². The molecule has 0 spiro atoms. The first-order valence-electron chi connectivity index (χ1n) is 5.82. The molecule has 0 atom stereocenters. The van der Waals surface area contributed by atoms with Gasteiger partial charge in [0.2, 0.25) is 0 Å². The van der Waals surface area contributed by atoms with Gasteiger partial charge in [-0.2, -0.15) is 0 Å². The maximum atomic E-state index is 12.2. The fourth-order valence-electron chi connectivity index (χ4n) is 1.84. The van der Waals surface area contributed by atoms with E-state index in [1.54, 1.807) is 11.9 Å². The third-order valence-electron chi connectivity index (χ3n) is 2.94. The molecule has 0 N–H and O–H groups in total. The SMILES string of the molecule is Cc1noc(C)c1CN(C)C(=O)c1ccccc1. The van der Waals surface area contributed by atoms with Gasteiger partial charge < -0.3 is 9.42 Å². The molecule has 0 aliphatic carbocycles. The number of rotatable bonds is 3. The Morgan fingerprint density at radius 2 is 1.94 bits per heavy atom. The first-order valence-corrected chi connectivity index (χ1v) is 5.82. The second kappa shape index (κ2) is 5.04. The predicted octanol–water partition coefficient (Wildman–Crippen LogP) is 2.56. The van der Waals surface area contributed by atoms with Crippen LogP contribution in [0.1, 0.15) is 27.4 Å². The van der Waals surface area contributed by atoms with Crippen molar-refractivity contribution in [2.24, 2.45) is 0 Å². The van der Waals surface area contributed by atoms with Gasteiger partial charge in [0.1, 0.15) is 5.76 Å². The second-order valence-corrected chi connectivity index (χ2v) is 4.33. The molecule has 94 valence electrons. The smallest absolute Gasteiger partial charge is 0.253 e. The Bertz CT molecular complexity index is 527. The van der Waals surface area contributed by atoms with Crippen molar-refractivity contribution in [2.45, 2.75) is 20.4 Å². The lowest BCUT2D eigenvalue weighted by atomic mass is 10.1. The summed E-state index contributed by atoms with van der Waals surface area (Å²) in [4.78, 5) is 13.8. The molecule has 4 heteroatoms. The third-order valence-corrected chi connectivity index (χ3v) is 2.94. The Labute approximate surface area is 106 Å². The fraction of sp³-hybridized carbons (Fsp3) is 0.286. The van der Waals surface area contributed by atoms with E-state index in [4.69, 9.17) is 4.52 Å². The molecule has 1 aromatic heterocycles. The van der Waals surface area contributed by atoms with Crippen LogP contribution in [0.5, 0.6) is 0 Å². The van der Waals surface area contributed by atoms with Crippen LogP contribution in [0.2, 0.25) is 0 Å². The van der Waals surface area contributed by atoms with Crippen molar-refractivity contribution < 1.29 is 9.32 Å². The zero-order chi connectivity index (χ0) is 13.1. The molecule has 0 unspecified atom stereocenters. The van der Waals surface area contributed by atoms with Gasteiger partial charge >= 0.3 is 0 Å². The van der Waals surface area contributed by atoms with Crippen LogP contribution >= 0.6 is 0 Å². The second-order valence-electron chi connectivity index (χ2n) is 4.33. The van der Waals surface area contributed by atoms with Crippen LogP contribution in [0.4, 0.5) is 0 Å². The minimum atomic E-state index is -0.00407. The molecule has 2 rings (SSSR count). The van der Waals surface area contributed by atoms with Gasteiger partial charge in [-0.1, -0.05) is 23.4 Å². The van der Waals surface area contributed by atoms with Crippen LogP contribution < -0.4 is 0 Å². The average Bonchev–Trinajstić information content (AvgIpc) is 2.70. The van der Waals surface area contributed by atoms with Crippen LogP contribution in [0, 0.1) is 13.8 Å². The fourth-order valence-corrected chi connectivity index (χ4v) is 1.84. The summed E-state index contributed by atoms with van der Waals surface area (Å²) in [6.07, 6.45) is 0. The van der Waals surface area contributed by atoms with Crippen molar-refractivity contribution in [3.8, 4) is 0 Å². The number of carbonyl (C=O) groups is 1. The van der Waals surface area contributed by atoms with Crippen LogP contribution in [0.15, 0.2) is 34.9 Å². The lowest BCUT2D eigenvalue weighted by Crippen LogP contribution is -2.26. The van der Waals surface area contributed by atoms with Gasteiger partial charge in [0.05, 0.1) is 12.2 Å². The van der Waals surface area contributed by atoms with Crippen molar-refractivity contribution in [1.82, 2.24) is 10.1 Å². The zero-order valence-corrected chi connectivity index (χ0v) is 10.8. The molecule has 0 saturated heterocycles. The Morgan fingerprint density at radius 1 is 1.28 bits per heavy atom. The van der Waals surface area contributed by atoms with Crippen LogP contribution in [0.3, 0.4) is 0 Å². The van der Waals surface area contributed by atoms with Crippen molar-refractivity contribution >= 4 is 5.91 Å². The van der Waals surface area contributed by atoms with E-state index in [9.17, 15) is 4.79 Å². The number of nitrogens with zero attached hydrogens (tertiary/aromatic N) is 2. The summed E-state index contributed by atoms with van der Waals surface area (Å²) < 4.78 is 5.09. The topological polar surface area (TPSA) is 46.3 Å². The molecule has 2 aromatic rings. The van der Waals surface area contributed by atoms with E-state index in [-0.39, 0.29) is 5.91 Å². The highest BCUT2D eigenvalue weighted by atomic mass is 16.5. The molecular formula is C14H16N2O2. The molecule has 1 heterocycles. The number of benzene rings is 1. The molecule has 1 amide bonds. The third kappa shape index (κ3) is 2.42. The number of carbonyl (C=O) groups excluding carboxylic acids is 1. The maximum Gasteiger partial charge on any atom is 0.253 e. The number of amides is 1. The van der Waals surface area contributed by atoms with Gasteiger partial charge in [0.25, 0.3) is 5.91 Å². The Morgan fingerprint density at radius 3 is 2.50 bits per heavy atom. The van der Waals surface area contributed by atoms with Gasteiger partial charge in [-0.3, -0.25) is 4.79 Å². The molecular weight excluding hydrogens is 228 g/mol. The van der Waals surface area contributed by atoms with Gasteiger partial charge in [-0.25, -0.2) is 0 Å². The van der Waals surface area contributed by atoms with E-state index < -0.39 is 0 Å². The molecule has 0 aliphatic rings. The minimum Gasteiger partial charge on any atom is -0.361 e. The number of hydrogen-bond donors (Lipinski definition) is 0. The summed E-state index contributed by atoms with van der Waals surface area (Å²) in [6, 6.07) is 9.23. The quantitative estimate of drug-likeness (QED) is 0.833. The number of aromatic nitrogens is 1. The van der Waals surface area contributed by atoms with E-state index in [0.29, 0.717) is 12.1 Å². The van der Waals surface area contributed by atoms with E-state index >= 15 is 0 Å². The highest BCUT2D eigenvalue weighted by Gasteiger charge is 2.16. The van der Waals surface area contributed by atoms with Crippen LogP contribution in [0.25, 0.3) is 0 Å². The summed E-state index contributed by atoms with van der Waals surface area (Å²) >= 11 is 0. The van der Waals surface area contributed by atoms with E-state index in [1.165, 1.54) is 0 Å². The summed E-state index contributed by atoms with van der Waals surface area (Å²) in [7, 11) is 1.78. The molecule has 0 saturated carbocycles. The Kier molecular flexibility index (Phi) is 3.46. The normalized spacial score (nSPS) is 10.4. The van der Waals surface area contributed by atoms with E-state index in [0.717, 1.165) is 17.0 Å². The van der Waals surface area contributed by atoms with Crippen molar-refractivity contribution in [1.29, 1.82) is 0 Å². The Balaban J connectivity index is 2.14. The maximum absolute atomic E-state index is 12.2. The van der Waals surface area contributed by atoms with Gasteiger partial charge in [-0.05, 0) is 26.0 Å². The average molecular weight is 244 g/mol. The number of hydrogen-bond acceptors (Lipinski definition) is 3. The minimum absolute atomic E-state index is 0.00407. The largest absolute Gasteiger partial charge is 0.361 e. The molecule has 0 bridgehead atoms. The van der Waals surface area contributed by atoms with Crippen LogP contribution in [-0.4, -0.2) is 23.0 Å². The van der Waals surface area contributed by atoms with Crippen LogP contribution in [-0.2, 0) is 6.54 Å². The van der Waals surface area contributed by atoms with Crippen molar-refractivity contribution in [3.05, 3.63) is 52.9 Å². The lowest BCUT2D eigenvalue weighted by molar-refractivity contribution is 0.0784. The molecule has 4 nitrogen and oxygen atoms in total. The highest BCUT2D eigenvalue weighted by molar-refractivity contribution is 5.93. The molecule has 0 fully saturated rings. The van der Waals surface area contributed by atoms with Crippen molar-refractivity contribution in [2.75, 3.05) is 7.05 Å². The first kappa shape index (κ1) is 12.4. The highest BCUT2D eigenvalue weighted by Crippen LogP contribution is 2.15. The van der Waals surface area contributed by atoms with Gasteiger partial charge in [-0.15, -0.1) is 0 Å². The van der Waals surface area contributed by atoms with E-state index in [2.05, 4.69) is 5.16 Å². The molecule has 1 aromatic carbocycles. The zero-order valence-electron chi connectivity index (χ0n) is 10.8. The monoisotopic (exact) mass is 244 g/mol. The first-order chi connectivity index (χ1) is 8.59. The number of aryl methyl sites for hydroxylation is 2. The Hall–Kier alpha value is -2.10. The lowest BCUT2D eigenvalue weighted by Gasteiger charge is -2.16. The standard InChI is InChI=1S/C14H16N2O2/c1-10-13(11(2)18-15-10)9-16(3)14(17)12-7-5-4-6-8-12/h4-8H,9H2,1-3H3. The summed E-state index contributed by atoms with van der Waals surface area (Å²) in [5.41, 5.74) is 2.49. The molecule has 0 aliphatic heterocycles. The summed E-state index contributed by atoms with van der Waals surface area (Å²) in [5, 5.41) is 3.89. The van der Waals surface area contributed by atoms with Crippen molar-refractivity contribution in [3.63, 3.8) is 0 Å². The predicted molar refractivity (Wildman–Crippen MR) is 68.2 cm³/mol. The molecule has 18 heavy (non-hydrogen) atoms. The summed E-state index contributed by atoms with van der Waals surface area (Å²) in [5.74, 6) is 0.760. The summed E-state index contributed by atoms with van der Waals surface area (Å²) in [6.45, 7) is 4.25.